The Hall–Kier alpha value is -0.910. The summed E-state index contributed by atoms with van der Waals surface area (Å²) in [5.74, 6) is 0. The first-order chi connectivity index (χ1) is 9.19. The lowest BCUT2D eigenvalue weighted by Gasteiger charge is -2.18. The summed E-state index contributed by atoms with van der Waals surface area (Å²) < 4.78 is 27.5. The fourth-order valence-electron chi connectivity index (χ4n) is 1.91. The summed E-state index contributed by atoms with van der Waals surface area (Å²) in [6.45, 7) is 9.01. The smallest absolute Gasteiger partial charge is 0.240 e. The number of nitrogens with one attached hydrogen (secondary N) is 1. The van der Waals surface area contributed by atoms with Gasteiger partial charge in [-0.1, -0.05) is 39.8 Å². The van der Waals surface area contributed by atoms with E-state index in [1.807, 2.05) is 19.1 Å². The molecule has 0 aliphatic carbocycles. The molecular weight excluding hydrogens is 272 g/mol. The lowest BCUT2D eigenvalue weighted by Crippen LogP contribution is -2.28. The Bertz CT molecular complexity index is 545. The molecule has 20 heavy (non-hydrogen) atoms. The average Bonchev–Trinajstić information content (AvgIpc) is 2.36. The second kappa shape index (κ2) is 6.70. The number of sulfonamides is 1. The topological polar surface area (TPSA) is 72.2 Å². The lowest BCUT2D eigenvalue weighted by atomic mass is 9.93. The van der Waals surface area contributed by atoms with Crippen molar-refractivity contribution in [3.63, 3.8) is 0 Å². The van der Waals surface area contributed by atoms with Crippen LogP contribution in [0.2, 0.25) is 0 Å². The molecule has 4 nitrogen and oxygen atoms in total. The molecule has 0 spiro atoms. The number of rotatable bonds is 6. The van der Waals surface area contributed by atoms with Crippen LogP contribution in [0, 0.1) is 5.41 Å². The molecule has 0 unspecified atom stereocenters. The van der Waals surface area contributed by atoms with Crippen LogP contribution < -0.4 is 10.5 Å². The van der Waals surface area contributed by atoms with Gasteiger partial charge in [-0.15, -0.1) is 0 Å². The molecule has 0 heterocycles. The maximum atomic E-state index is 12.4. The van der Waals surface area contributed by atoms with Gasteiger partial charge in [0.15, 0.2) is 0 Å². The Morgan fingerprint density at radius 1 is 1.25 bits per heavy atom. The monoisotopic (exact) mass is 298 g/mol. The zero-order valence-corrected chi connectivity index (χ0v) is 13.7. The summed E-state index contributed by atoms with van der Waals surface area (Å²) in [5.41, 5.74) is 7.36. The van der Waals surface area contributed by atoms with Crippen LogP contribution in [0.15, 0.2) is 23.1 Å². The van der Waals surface area contributed by atoms with Gasteiger partial charge < -0.3 is 5.73 Å². The lowest BCUT2D eigenvalue weighted by molar-refractivity contribution is 0.378. The van der Waals surface area contributed by atoms with Crippen molar-refractivity contribution in [1.29, 1.82) is 0 Å². The summed E-state index contributed by atoms with van der Waals surface area (Å²) in [7, 11) is -3.46. The van der Waals surface area contributed by atoms with E-state index < -0.39 is 10.0 Å². The predicted octanol–water partition coefficient (Wildman–Crippen LogP) is 2.42. The van der Waals surface area contributed by atoms with E-state index in [2.05, 4.69) is 25.5 Å². The van der Waals surface area contributed by atoms with E-state index in [1.54, 1.807) is 6.07 Å². The molecule has 114 valence electrons. The van der Waals surface area contributed by atoms with Gasteiger partial charge in [-0.05, 0) is 35.4 Å². The summed E-state index contributed by atoms with van der Waals surface area (Å²) in [6, 6.07) is 5.41. The number of hydrogen-bond acceptors (Lipinski definition) is 3. The fourth-order valence-corrected chi connectivity index (χ4v) is 3.30. The molecule has 0 atom stereocenters. The average molecular weight is 298 g/mol. The van der Waals surface area contributed by atoms with Crippen molar-refractivity contribution in [1.82, 2.24) is 4.72 Å². The summed E-state index contributed by atoms with van der Waals surface area (Å²) in [5, 5.41) is 0. The van der Waals surface area contributed by atoms with Gasteiger partial charge in [-0.2, -0.15) is 0 Å². The van der Waals surface area contributed by atoms with E-state index in [-0.39, 0.29) is 5.41 Å². The highest BCUT2D eigenvalue weighted by atomic mass is 32.2. The van der Waals surface area contributed by atoms with Gasteiger partial charge in [0.1, 0.15) is 0 Å². The molecule has 1 aromatic carbocycles. The molecule has 0 bridgehead atoms. The van der Waals surface area contributed by atoms with Crippen molar-refractivity contribution in [2.24, 2.45) is 11.1 Å². The van der Waals surface area contributed by atoms with Gasteiger partial charge in [0, 0.05) is 13.1 Å². The summed E-state index contributed by atoms with van der Waals surface area (Å²) >= 11 is 0. The van der Waals surface area contributed by atoms with E-state index in [1.165, 1.54) is 0 Å². The van der Waals surface area contributed by atoms with Crippen molar-refractivity contribution in [3.8, 4) is 0 Å². The zero-order valence-electron chi connectivity index (χ0n) is 12.9. The molecule has 0 saturated heterocycles. The van der Waals surface area contributed by atoms with Crippen LogP contribution in [-0.4, -0.2) is 15.0 Å². The third-order valence-electron chi connectivity index (χ3n) is 3.20. The third kappa shape index (κ3) is 4.89. The minimum atomic E-state index is -3.46. The number of aryl methyl sites for hydroxylation is 1. The first-order valence-electron chi connectivity index (χ1n) is 7.01. The maximum Gasteiger partial charge on any atom is 0.240 e. The van der Waals surface area contributed by atoms with Gasteiger partial charge in [0.2, 0.25) is 10.0 Å². The van der Waals surface area contributed by atoms with Crippen LogP contribution in [0.25, 0.3) is 0 Å². The Balaban J connectivity index is 2.96. The van der Waals surface area contributed by atoms with Crippen LogP contribution >= 0.6 is 0 Å². The standard InChI is InChI=1S/C15H26N2O2S/c1-5-13-7-6-12(11-16)10-14(13)20(18,19)17-9-8-15(2,3)4/h6-7,10,17H,5,8-9,11,16H2,1-4H3. The molecule has 0 radical (unpaired) electrons. The quantitative estimate of drug-likeness (QED) is 0.847. The highest BCUT2D eigenvalue weighted by Gasteiger charge is 2.19. The highest BCUT2D eigenvalue weighted by Crippen LogP contribution is 2.20. The van der Waals surface area contributed by atoms with Crippen molar-refractivity contribution >= 4 is 10.0 Å². The highest BCUT2D eigenvalue weighted by molar-refractivity contribution is 7.89. The van der Waals surface area contributed by atoms with E-state index in [4.69, 9.17) is 5.73 Å². The van der Waals surface area contributed by atoms with Crippen LogP contribution in [-0.2, 0) is 23.0 Å². The molecule has 0 fully saturated rings. The molecule has 3 N–H and O–H groups in total. The molecule has 5 heteroatoms. The third-order valence-corrected chi connectivity index (χ3v) is 4.75. The van der Waals surface area contributed by atoms with Crippen molar-refractivity contribution in [2.75, 3.05) is 6.54 Å². The van der Waals surface area contributed by atoms with E-state index in [0.29, 0.717) is 24.4 Å². The second-order valence-electron chi connectivity index (χ2n) is 6.21. The molecule has 0 amide bonds. The number of benzene rings is 1. The minimum Gasteiger partial charge on any atom is -0.326 e. The van der Waals surface area contributed by atoms with Gasteiger partial charge >= 0.3 is 0 Å². The first kappa shape index (κ1) is 17.1. The van der Waals surface area contributed by atoms with E-state index >= 15 is 0 Å². The SMILES string of the molecule is CCc1ccc(CN)cc1S(=O)(=O)NCCC(C)(C)C. The normalized spacial score (nSPS) is 12.7. The van der Waals surface area contributed by atoms with Gasteiger partial charge in [-0.3, -0.25) is 0 Å². The first-order valence-corrected chi connectivity index (χ1v) is 8.49. The molecule has 1 aromatic rings. The Kier molecular flexibility index (Phi) is 5.74. The molecule has 0 saturated carbocycles. The molecule has 0 aliphatic rings. The summed E-state index contributed by atoms with van der Waals surface area (Å²) in [4.78, 5) is 0.358. The van der Waals surface area contributed by atoms with E-state index in [9.17, 15) is 8.42 Å². The Labute approximate surface area is 122 Å². The molecule has 0 aromatic heterocycles. The van der Waals surface area contributed by atoms with Gasteiger partial charge in [0.25, 0.3) is 0 Å². The fraction of sp³-hybridized carbons (Fsp3) is 0.600. The van der Waals surface area contributed by atoms with Crippen LogP contribution in [0.4, 0.5) is 0 Å². The van der Waals surface area contributed by atoms with Crippen molar-refractivity contribution < 1.29 is 8.42 Å². The van der Waals surface area contributed by atoms with Crippen molar-refractivity contribution in [2.45, 2.75) is 52.0 Å². The Morgan fingerprint density at radius 2 is 1.90 bits per heavy atom. The van der Waals surface area contributed by atoms with Crippen LogP contribution in [0.1, 0.15) is 45.2 Å². The number of hydrogen-bond donors (Lipinski definition) is 2. The zero-order chi connectivity index (χ0) is 15.4. The predicted molar refractivity (Wildman–Crippen MR) is 83.0 cm³/mol. The number of nitrogens with two attached hydrogens (primary N) is 1. The maximum absolute atomic E-state index is 12.4. The van der Waals surface area contributed by atoms with E-state index in [0.717, 1.165) is 17.5 Å². The Morgan fingerprint density at radius 3 is 2.40 bits per heavy atom. The largest absolute Gasteiger partial charge is 0.326 e. The van der Waals surface area contributed by atoms with Crippen molar-refractivity contribution in [3.05, 3.63) is 29.3 Å². The molecule has 1 rings (SSSR count). The second-order valence-corrected chi connectivity index (χ2v) is 7.94. The summed E-state index contributed by atoms with van der Waals surface area (Å²) in [6.07, 6.45) is 1.48. The van der Waals surface area contributed by atoms with Crippen LogP contribution in [0.3, 0.4) is 0 Å². The minimum absolute atomic E-state index is 0.106. The van der Waals surface area contributed by atoms with Crippen LogP contribution in [0.5, 0.6) is 0 Å². The van der Waals surface area contributed by atoms with Gasteiger partial charge in [0.05, 0.1) is 4.90 Å². The van der Waals surface area contributed by atoms with Gasteiger partial charge in [-0.25, -0.2) is 13.1 Å². The molecule has 0 aliphatic heterocycles. The molecular formula is C15H26N2O2S.